The summed E-state index contributed by atoms with van der Waals surface area (Å²) < 4.78 is 0. The van der Waals surface area contributed by atoms with Gasteiger partial charge in [-0.15, -0.1) is 6.58 Å². The van der Waals surface area contributed by atoms with Crippen LogP contribution in [0.15, 0.2) is 24.8 Å². The molecule has 0 aromatic heterocycles. The zero-order valence-corrected chi connectivity index (χ0v) is 7.66. The standard InChI is InChI=1S/C12H16/c1-3-11-8(2)10-4-5-12(11)6-9(10)7-12/h3-5,8-11H,1,6-7H2,2H3. The molecule has 3 bridgehead atoms. The molecule has 0 radical (unpaired) electrons. The molecule has 0 heteroatoms. The fourth-order valence-electron chi connectivity index (χ4n) is 3.98. The van der Waals surface area contributed by atoms with Crippen LogP contribution in [-0.2, 0) is 0 Å². The lowest BCUT2D eigenvalue weighted by atomic mass is 9.40. The highest BCUT2D eigenvalue weighted by atomic mass is 14.6. The summed E-state index contributed by atoms with van der Waals surface area (Å²) >= 11 is 0. The zero-order chi connectivity index (χ0) is 8.34. The fraction of sp³-hybridized carbons (Fsp3) is 0.667. The van der Waals surface area contributed by atoms with Gasteiger partial charge in [0, 0.05) is 0 Å². The van der Waals surface area contributed by atoms with Crippen LogP contribution in [0.2, 0.25) is 0 Å². The Balaban J connectivity index is 2.08. The van der Waals surface area contributed by atoms with Gasteiger partial charge in [0.1, 0.15) is 0 Å². The van der Waals surface area contributed by atoms with Gasteiger partial charge in [-0.1, -0.05) is 25.2 Å². The lowest BCUT2D eigenvalue weighted by Gasteiger charge is -2.64. The molecule has 6 aliphatic rings. The molecule has 3 fully saturated rings. The average molecular weight is 160 g/mol. The maximum Gasteiger partial charge on any atom is -0.00470 e. The minimum atomic E-state index is 0.570. The smallest absolute Gasteiger partial charge is 0.00470 e. The van der Waals surface area contributed by atoms with Gasteiger partial charge in [-0.25, -0.2) is 0 Å². The van der Waals surface area contributed by atoms with Crippen LogP contribution >= 0.6 is 0 Å². The van der Waals surface area contributed by atoms with Gasteiger partial charge in [-0.3, -0.25) is 0 Å². The quantitative estimate of drug-likeness (QED) is 0.517. The predicted molar refractivity (Wildman–Crippen MR) is 50.6 cm³/mol. The summed E-state index contributed by atoms with van der Waals surface area (Å²) in [5.41, 5.74) is 0.570. The van der Waals surface area contributed by atoms with Crippen molar-refractivity contribution in [3.05, 3.63) is 24.8 Å². The molecule has 6 aliphatic carbocycles. The van der Waals surface area contributed by atoms with E-state index in [4.69, 9.17) is 0 Å². The minimum Gasteiger partial charge on any atom is -0.103 e. The van der Waals surface area contributed by atoms with Crippen LogP contribution < -0.4 is 0 Å². The van der Waals surface area contributed by atoms with Crippen molar-refractivity contribution in [2.45, 2.75) is 19.8 Å². The van der Waals surface area contributed by atoms with E-state index in [-0.39, 0.29) is 0 Å². The molecule has 0 aliphatic heterocycles. The Morgan fingerprint density at radius 3 is 2.58 bits per heavy atom. The summed E-state index contributed by atoms with van der Waals surface area (Å²) in [4.78, 5) is 0. The average Bonchev–Trinajstić information content (AvgIpc) is 2.03. The Bertz CT molecular complexity index is 255. The molecule has 0 aromatic rings. The normalized spacial score (nSPS) is 59.8. The number of hydrogen-bond acceptors (Lipinski definition) is 0. The van der Waals surface area contributed by atoms with Crippen molar-refractivity contribution < 1.29 is 0 Å². The van der Waals surface area contributed by atoms with E-state index >= 15 is 0 Å². The Kier molecular flexibility index (Phi) is 1.08. The van der Waals surface area contributed by atoms with Gasteiger partial charge in [-0.05, 0) is 41.9 Å². The highest BCUT2D eigenvalue weighted by molar-refractivity contribution is 5.27. The molecule has 0 heterocycles. The van der Waals surface area contributed by atoms with Crippen LogP contribution in [0, 0.1) is 29.1 Å². The third kappa shape index (κ3) is 0.542. The van der Waals surface area contributed by atoms with Gasteiger partial charge >= 0.3 is 0 Å². The molecule has 0 N–H and O–H groups in total. The first kappa shape index (κ1) is 6.94. The molecule has 0 nitrogen and oxygen atoms in total. The molecule has 3 atom stereocenters. The fourth-order valence-corrected chi connectivity index (χ4v) is 3.98. The Morgan fingerprint density at radius 2 is 2.25 bits per heavy atom. The van der Waals surface area contributed by atoms with Crippen LogP contribution in [0.4, 0.5) is 0 Å². The van der Waals surface area contributed by atoms with Gasteiger partial charge < -0.3 is 0 Å². The summed E-state index contributed by atoms with van der Waals surface area (Å²) in [5.74, 6) is 3.54. The summed E-state index contributed by atoms with van der Waals surface area (Å²) in [6.45, 7) is 6.39. The van der Waals surface area contributed by atoms with Crippen LogP contribution in [-0.4, -0.2) is 0 Å². The monoisotopic (exact) mass is 160 g/mol. The number of allylic oxidation sites excluding steroid dienone is 3. The summed E-state index contributed by atoms with van der Waals surface area (Å²) in [6.07, 6.45) is 10.1. The number of rotatable bonds is 1. The van der Waals surface area contributed by atoms with Crippen LogP contribution in [0.1, 0.15) is 19.8 Å². The van der Waals surface area contributed by atoms with E-state index < -0.39 is 0 Å². The van der Waals surface area contributed by atoms with E-state index in [1.54, 1.807) is 0 Å². The molecule has 1 spiro atoms. The Labute approximate surface area is 74.4 Å². The van der Waals surface area contributed by atoms with Crippen molar-refractivity contribution in [3.8, 4) is 0 Å². The van der Waals surface area contributed by atoms with E-state index in [9.17, 15) is 0 Å². The zero-order valence-electron chi connectivity index (χ0n) is 7.66. The van der Waals surface area contributed by atoms with E-state index in [2.05, 4.69) is 31.7 Å². The summed E-state index contributed by atoms with van der Waals surface area (Å²) in [5, 5.41) is 0. The van der Waals surface area contributed by atoms with E-state index in [1.165, 1.54) is 12.8 Å². The van der Waals surface area contributed by atoms with Crippen molar-refractivity contribution in [3.63, 3.8) is 0 Å². The highest BCUT2D eigenvalue weighted by Gasteiger charge is 2.59. The largest absolute Gasteiger partial charge is 0.103 e. The van der Waals surface area contributed by atoms with Gasteiger partial charge in [0.05, 0.1) is 0 Å². The van der Waals surface area contributed by atoms with Crippen molar-refractivity contribution in [2.24, 2.45) is 29.1 Å². The maximum atomic E-state index is 3.99. The highest BCUT2D eigenvalue weighted by Crippen LogP contribution is 2.67. The molecule has 0 aromatic carbocycles. The summed E-state index contributed by atoms with van der Waals surface area (Å²) in [7, 11) is 0. The number of hydrogen-bond donors (Lipinski definition) is 0. The van der Waals surface area contributed by atoms with Crippen LogP contribution in [0.25, 0.3) is 0 Å². The van der Waals surface area contributed by atoms with Crippen LogP contribution in [0.3, 0.4) is 0 Å². The molecular weight excluding hydrogens is 144 g/mol. The Morgan fingerprint density at radius 1 is 1.50 bits per heavy atom. The molecule has 64 valence electrons. The third-order valence-electron chi connectivity index (χ3n) is 4.57. The van der Waals surface area contributed by atoms with E-state index in [0.29, 0.717) is 5.41 Å². The first-order valence-electron chi connectivity index (χ1n) is 5.09. The van der Waals surface area contributed by atoms with Crippen LogP contribution in [0.5, 0.6) is 0 Å². The molecule has 3 unspecified atom stereocenters. The van der Waals surface area contributed by atoms with Crippen molar-refractivity contribution in [2.75, 3.05) is 0 Å². The van der Waals surface area contributed by atoms with E-state index in [0.717, 1.165) is 23.7 Å². The molecule has 12 heavy (non-hydrogen) atoms. The van der Waals surface area contributed by atoms with Gasteiger partial charge in [0.15, 0.2) is 0 Å². The van der Waals surface area contributed by atoms with Gasteiger partial charge in [-0.2, -0.15) is 0 Å². The van der Waals surface area contributed by atoms with Gasteiger partial charge in [0.2, 0.25) is 0 Å². The predicted octanol–water partition coefficient (Wildman–Crippen LogP) is 3.02. The van der Waals surface area contributed by atoms with Gasteiger partial charge in [0.25, 0.3) is 0 Å². The second-order valence-electron chi connectivity index (χ2n) is 4.96. The van der Waals surface area contributed by atoms with Crippen molar-refractivity contribution in [1.82, 2.24) is 0 Å². The summed E-state index contributed by atoms with van der Waals surface area (Å²) in [6, 6.07) is 0. The molecule has 3 saturated carbocycles. The minimum absolute atomic E-state index is 0.570. The lowest BCUT2D eigenvalue weighted by molar-refractivity contribution is -0.0849. The maximum absolute atomic E-state index is 3.99. The molecule has 0 amide bonds. The van der Waals surface area contributed by atoms with Crippen molar-refractivity contribution in [1.29, 1.82) is 0 Å². The third-order valence-corrected chi connectivity index (χ3v) is 4.57. The Hall–Kier alpha value is -0.520. The van der Waals surface area contributed by atoms with E-state index in [1.807, 2.05) is 0 Å². The first-order valence-corrected chi connectivity index (χ1v) is 5.09. The van der Waals surface area contributed by atoms with Crippen molar-refractivity contribution >= 4 is 0 Å². The lowest BCUT2D eigenvalue weighted by Crippen LogP contribution is -2.57. The molecule has 6 rings (SSSR count). The molecular formula is C12H16. The topological polar surface area (TPSA) is 0 Å². The first-order chi connectivity index (χ1) is 5.77. The SMILES string of the molecule is C=CC1C(C)C2C=CC13CC2C3. The second-order valence-corrected chi connectivity index (χ2v) is 4.96. The molecule has 0 saturated heterocycles. The second kappa shape index (κ2) is 1.86.